The number of anilines is 1. The van der Waals surface area contributed by atoms with E-state index in [1.165, 1.54) is 0 Å². The minimum atomic E-state index is -0.859. The molecule has 0 saturated carbocycles. The van der Waals surface area contributed by atoms with Gasteiger partial charge in [-0.2, -0.15) is 0 Å². The van der Waals surface area contributed by atoms with Crippen LogP contribution in [0.15, 0.2) is 54.6 Å². The number of hydrogen-bond donors (Lipinski definition) is 1. The third-order valence-corrected chi connectivity index (χ3v) is 4.83. The van der Waals surface area contributed by atoms with E-state index < -0.39 is 12.1 Å². The molecule has 1 aromatic heterocycles. The number of esters is 1. The van der Waals surface area contributed by atoms with E-state index in [0.29, 0.717) is 5.69 Å². The summed E-state index contributed by atoms with van der Waals surface area (Å²) in [6, 6.07) is 17.2. The standard InChI is InChI=1S/C21H20N2O3/c1-13-11-16-8-4-6-10-19(16)23(13)20(24)14(2)26-21(25)18-12-15-7-3-5-9-17(15)22-18/h3-10,12-14,22H,11H2,1-2H3/t13-,14-/m0/s1. The Balaban J connectivity index is 1.51. The van der Waals surface area contributed by atoms with Gasteiger partial charge in [-0.05, 0) is 44.0 Å². The van der Waals surface area contributed by atoms with Gasteiger partial charge in [0.2, 0.25) is 0 Å². The van der Waals surface area contributed by atoms with Crippen LogP contribution in [0.25, 0.3) is 10.9 Å². The summed E-state index contributed by atoms with van der Waals surface area (Å²) in [6.45, 7) is 3.63. The molecule has 0 spiro atoms. The SMILES string of the molecule is C[C@H](OC(=O)c1cc2ccccc2[nH]1)C(=O)N1c2ccccc2C[C@@H]1C. The first-order valence-electron chi connectivity index (χ1n) is 8.74. The Morgan fingerprint density at radius 2 is 1.88 bits per heavy atom. The number of H-pyrrole nitrogens is 1. The molecule has 2 aromatic carbocycles. The zero-order chi connectivity index (χ0) is 18.3. The molecule has 0 unspecified atom stereocenters. The minimum Gasteiger partial charge on any atom is -0.448 e. The summed E-state index contributed by atoms with van der Waals surface area (Å²) >= 11 is 0. The van der Waals surface area contributed by atoms with Crippen molar-refractivity contribution in [2.45, 2.75) is 32.4 Å². The summed E-state index contributed by atoms with van der Waals surface area (Å²) in [5, 5.41) is 0.931. The van der Waals surface area contributed by atoms with Crippen LogP contribution in [0.3, 0.4) is 0 Å². The summed E-state index contributed by atoms with van der Waals surface area (Å²) in [6.07, 6.45) is -0.0487. The van der Waals surface area contributed by atoms with Crippen LogP contribution in [-0.4, -0.2) is 29.0 Å². The summed E-state index contributed by atoms with van der Waals surface area (Å²) < 4.78 is 5.44. The first kappa shape index (κ1) is 16.4. The predicted molar refractivity (Wildman–Crippen MR) is 100 cm³/mol. The molecule has 0 fully saturated rings. The van der Waals surface area contributed by atoms with E-state index in [4.69, 9.17) is 4.74 Å². The number of nitrogens with one attached hydrogen (secondary N) is 1. The third-order valence-electron chi connectivity index (χ3n) is 4.83. The topological polar surface area (TPSA) is 62.4 Å². The highest BCUT2D eigenvalue weighted by Gasteiger charge is 2.34. The second kappa shape index (κ2) is 6.33. The number of hydrogen-bond acceptors (Lipinski definition) is 3. The van der Waals surface area contributed by atoms with E-state index in [1.54, 1.807) is 17.9 Å². The molecule has 4 rings (SSSR count). The van der Waals surface area contributed by atoms with Crippen LogP contribution < -0.4 is 4.90 Å². The Kier molecular flexibility index (Phi) is 3.99. The monoisotopic (exact) mass is 348 g/mol. The van der Waals surface area contributed by atoms with Gasteiger partial charge in [0.25, 0.3) is 5.91 Å². The second-order valence-electron chi connectivity index (χ2n) is 6.71. The van der Waals surface area contributed by atoms with E-state index in [2.05, 4.69) is 4.98 Å². The third kappa shape index (κ3) is 2.75. The molecule has 132 valence electrons. The van der Waals surface area contributed by atoms with Gasteiger partial charge >= 0.3 is 5.97 Å². The summed E-state index contributed by atoms with van der Waals surface area (Å²) in [4.78, 5) is 30.1. The van der Waals surface area contributed by atoms with Crippen molar-refractivity contribution in [3.05, 3.63) is 65.9 Å². The fraction of sp³-hybridized carbons (Fsp3) is 0.238. The van der Waals surface area contributed by atoms with Gasteiger partial charge in [-0.1, -0.05) is 36.4 Å². The molecule has 5 heteroatoms. The van der Waals surface area contributed by atoms with Crippen molar-refractivity contribution in [1.82, 2.24) is 4.98 Å². The van der Waals surface area contributed by atoms with Crippen LogP contribution >= 0.6 is 0 Å². The number of carbonyl (C=O) groups is 2. The van der Waals surface area contributed by atoms with E-state index in [-0.39, 0.29) is 11.9 Å². The van der Waals surface area contributed by atoms with Gasteiger partial charge in [0, 0.05) is 22.6 Å². The molecule has 3 aromatic rings. The Labute approximate surface area is 151 Å². The number of ether oxygens (including phenoxy) is 1. The highest BCUT2D eigenvalue weighted by molar-refractivity contribution is 6.01. The molecule has 2 heterocycles. The summed E-state index contributed by atoms with van der Waals surface area (Å²) in [7, 11) is 0. The Morgan fingerprint density at radius 3 is 2.69 bits per heavy atom. The quantitative estimate of drug-likeness (QED) is 0.734. The maximum atomic E-state index is 12.9. The molecule has 0 saturated heterocycles. The first-order chi connectivity index (χ1) is 12.5. The number of amides is 1. The molecule has 1 aliphatic rings. The molecule has 26 heavy (non-hydrogen) atoms. The number of nitrogens with zero attached hydrogens (tertiary/aromatic N) is 1. The van der Waals surface area contributed by atoms with Crippen LogP contribution in [0, 0.1) is 0 Å². The molecule has 1 aliphatic heterocycles. The van der Waals surface area contributed by atoms with Crippen LogP contribution in [0.1, 0.15) is 29.9 Å². The molecule has 1 amide bonds. The maximum Gasteiger partial charge on any atom is 0.355 e. The van der Waals surface area contributed by atoms with Gasteiger partial charge < -0.3 is 14.6 Å². The molecule has 5 nitrogen and oxygen atoms in total. The van der Waals surface area contributed by atoms with Gasteiger partial charge in [0.1, 0.15) is 5.69 Å². The highest BCUT2D eigenvalue weighted by Crippen LogP contribution is 2.32. The lowest BCUT2D eigenvalue weighted by Gasteiger charge is -2.25. The van der Waals surface area contributed by atoms with E-state index in [0.717, 1.165) is 28.6 Å². The number of fused-ring (bicyclic) bond motifs is 2. The highest BCUT2D eigenvalue weighted by atomic mass is 16.5. The zero-order valence-corrected chi connectivity index (χ0v) is 14.7. The van der Waals surface area contributed by atoms with E-state index in [1.807, 2.05) is 55.5 Å². The maximum absolute atomic E-state index is 12.9. The number of rotatable bonds is 3. The van der Waals surface area contributed by atoms with Gasteiger partial charge in [-0.3, -0.25) is 4.79 Å². The molecule has 0 bridgehead atoms. The van der Waals surface area contributed by atoms with Gasteiger partial charge in [0.15, 0.2) is 6.10 Å². The zero-order valence-electron chi connectivity index (χ0n) is 14.7. The Hall–Kier alpha value is -3.08. The van der Waals surface area contributed by atoms with Crippen molar-refractivity contribution in [1.29, 1.82) is 0 Å². The van der Waals surface area contributed by atoms with Crippen LogP contribution in [0.5, 0.6) is 0 Å². The normalized spacial score (nSPS) is 17.2. The molecule has 2 atom stereocenters. The van der Waals surface area contributed by atoms with Gasteiger partial charge in [-0.15, -0.1) is 0 Å². The van der Waals surface area contributed by atoms with Gasteiger partial charge in [0.05, 0.1) is 0 Å². The fourth-order valence-electron chi connectivity index (χ4n) is 3.56. The number of aromatic nitrogens is 1. The minimum absolute atomic E-state index is 0.0501. The lowest BCUT2D eigenvalue weighted by Crippen LogP contribution is -2.43. The first-order valence-corrected chi connectivity index (χ1v) is 8.74. The van der Waals surface area contributed by atoms with E-state index >= 15 is 0 Å². The number of benzene rings is 2. The largest absolute Gasteiger partial charge is 0.448 e. The summed E-state index contributed by atoms with van der Waals surface area (Å²) in [5.41, 5.74) is 3.25. The van der Waals surface area contributed by atoms with Crippen molar-refractivity contribution < 1.29 is 14.3 Å². The number of aromatic amines is 1. The molecular formula is C21H20N2O3. The fourth-order valence-corrected chi connectivity index (χ4v) is 3.56. The second-order valence-corrected chi connectivity index (χ2v) is 6.71. The van der Waals surface area contributed by atoms with Gasteiger partial charge in [-0.25, -0.2) is 4.79 Å². The van der Waals surface area contributed by atoms with Crippen molar-refractivity contribution in [3.63, 3.8) is 0 Å². The molecule has 0 radical (unpaired) electrons. The van der Waals surface area contributed by atoms with Crippen molar-refractivity contribution in [2.75, 3.05) is 4.90 Å². The average Bonchev–Trinajstić information content (AvgIpc) is 3.21. The Morgan fingerprint density at radius 1 is 1.15 bits per heavy atom. The Bertz CT molecular complexity index is 959. The van der Waals surface area contributed by atoms with Crippen LogP contribution in [0.2, 0.25) is 0 Å². The lowest BCUT2D eigenvalue weighted by atomic mass is 10.1. The van der Waals surface area contributed by atoms with Crippen molar-refractivity contribution in [3.8, 4) is 0 Å². The van der Waals surface area contributed by atoms with Crippen molar-refractivity contribution >= 4 is 28.5 Å². The molecule has 1 N–H and O–H groups in total. The average molecular weight is 348 g/mol. The summed E-state index contributed by atoms with van der Waals surface area (Å²) in [5.74, 6) is -0.728. The molecule has 0 aliphatic carbocycles. The predicted octanol–water partition coefficient (Wildman–Crippen LogP) is 3.69. The molecular weight excluding hydrogens is 328 g/mol. The van der Waals surface area contributed by atoms with Crippen LogP contribution in [0.4, 0.5) is 5.69 Å². The number of para-hydroxylation sites is 2. The number of carbonyl (C=O) groups excluding carboxylic acids is 2. The smallest absolute Gasteiger partial charge is 0.355 e. The lowest BCUT2D eigenvalue weighted by molar-refractivity contribution is -0.126. The van der Waals surface area contributed by atoms with E-state index in [9.17, 15) is 9.59 Å². The van der Waals surface area contributed by atoms with Crippen molar-refractivity contribution in [2.24, 2.45) is 0 Å². The van der Waals surface area contributed by atoms with Crippen LogP contribution in [-0.2, 0) is 16.0 Å².